The van der Waals surface area contributed by atoms with E-state index in [9.17, 15) is 4.79 Å². The number of hydrogen-bond acceptors (Lipinski definition) is 3. The smallest absolute Gasteiger partial charge is 0.326 e. The lowest BCUT2D eigenvalue weighted by Crippen LogP contribution is -2.45. The Balaban J connectivity index is 2.23. The van der Waals surface area contributed by atoms with Crippen molar-refractivity contribution in [3.63, 3.8) is 0 Å². The monoisotopic (exact) mass is 284 g/mol. The van der Waals surface area contributed by atoms with Gasteiger partial charge in [0.05, 0.1) is 0 Å². The highest BCUT2D eigenvalue weighted by Gasteiger charge is 2.29. The lowest BCUT2D eigenvalue weighted by molar-refractivity contribution is -0.139. The average molecular weight is 285 g/mol. The summed E-state index contributed by atoms with van der Waals surface area (Å²) in [6.45, 7) is 0.769. The summed E-state index contributed by atoms with van der Waals surface area (Å²) < 4.78 is 0.903. The third kappa shape index (κ3) is 2.35. The van der Waals surface area contributed by atoms with Gasteiger partial charge >= 0.3 is 5.97 Å². The van der Waals surface area contributed by atoms with Gasteiger partial charge in [-0.15, -0.1) is 0 Å². The number of anilines is 1. The number of carbonyl (C=O) groups is 1. The molecule has 0 aliphatic carbocycles. The normalized spacial score (nSPS) is 20.8. The average Bonchev–Trinajstić information content (AvgIpc) is 2.30. The van der Waals surface area contributed by atoms with E-state index in [-0.39, 0.29) is 0 Å². The van der Waals surface area contributed by atoms with Crippen LogP contribution >= 0.6 is 15.9 Å². The minimum Gasteiger partial charge on any atom is -0.480 e. The lowest BCUT2D eigenvalue weighted by Gasteiger charge is -2.33. The Bertz CT molecular complexity index is 380. The van der Waals surface area contributed by atoms with Crippen molar-refractivity contribution in [2.24, 2.45) is 0 Å². The summed E-state index contributed by atoms with van der Waals surface area (Å²) >= 11 is 3.32. The molecule has 2 heterocycles. The van der Waals surface area contributed by atoms with Gasteiger partial charge in [-0.3, -0.25) is 0 Å². The summed E-state index contributed by atoms with van der Waals surface area (Å²) in [5.41, 5.74) is 0. The first-order chi connectivity index (χ1) is 7.68. The first kappa shape index (κ1) is 11.4. The number of rotatable bonds is 2. The van der Waals surface area contributed by atoms with Gasteiger partial charge in [0, 0.05) is 17.2 Å². The Hall–Kier alpha value is -1.10. The van der Waals surface area contributed by atoms with Crippen LogP contribution in [0.25, 0.3) is 0 Å². The van der Waals surface area contributed by atoms with Crippen molar-refractivity contribution in [2.45, 2.75) is 25.3 Å². The molecule has 0 unspecified atom stereocenters. The first-order valence-corrected chi connectivity index (χ1v) is 6.09. The van der Waals surface area contributed by atoms with Crippen molar-refractivity contribution in [2.75, 3.05) is 11.4 Å². The van der Waals surface area contributed by atoms with Crippen molar-refractivity contribution >= 4 is 27.7 Å². The predicted molar refractivity (Wildman–Crippen MR) is 64.6 cm³/mol. The molecule has 1 aromatic rings. The molecule has 1 saturated heterocycles. The van der Waals surface area contributed by atoms with E-state index in [0.29, 0.717) is 6.42 Å². The first-order valence-electron chi connectivity index (χ1n) is 5.29. The van der Waals surface area contributed by atoms with Crippen molar-refractivity contribution in [1.82, 2.24) is 4.98 Å². The molecule has 0 aromatic carbocycles. The van der Waals surface area contributed by atoms with E-state index >= 15 is 0 Å². The van der Waals surface area contributed by atoms with Gasteiger partial charge < -0.3 is 10.0 Å². The van der Waals surface area contributed by atoms with Gasteiger partial charge in [0.15, 0.2) is 0 Å². The van der Waals surface area contributed by atoms with Gasteiger partial charge in [-0.25, -0.2) is 9.78 Å². The van der Waals surface area contributed by atoms with Crippen molar-refractivity contribution in [3.05, 3.63) is 22.8 Å². The van der Waals surface area contributed by atoms with E-state index < -0.39 is 12.0 Å². The maximum Gasteiger partial charge on any atom is 0.326 e. The molecule has 2 rings (SSSR count). The van der Waals surface area contributed by atoms with Crippen LogP contribution in [0, 0.1) is 0 Å². The number of pyridine rings is 1. The highest BCUT2D eigenvalue weighted by atomic mass is 79.9. The van der Waals surface area contributed by atoms with Crippen LogP contribution in [-0.4, -0.2) is 28.6 Å². The molecule has 0 amide bonds. The Morgan fingerprint density at radius 1 is 1.50 bits per heavy atom. The molecular weight excluding hydrogens is 272 g/mol. The maximum atomic E-state index is 11.1. The molecule has 1 N–H and O–H groups in total. The Morgan fingerprint density at radius 2 is 2.31 bits per heavy atom. The number of hydrogen-bond donors (Lipinski definition) is 1. The number of aromatic nitrogens is 1. The highest BCUT2D eigenvalue weighted by Crippen LogP contribution is 2.24. The van der Waals surface area contributed by atoms with Gasteiger partial charge in [0.25, 0.3) is 0 Å². The van der Waals surface area contributed by atoms with E-state index in [1.165, 1.54) is 0 Å². The van der Waals surface area contributed by atoms with Crippen LogP contribution < -0.4 is 4.90 Å². The summed E-state index contributed by atoms with van der Waals surface area (Å²) in [6.07, 6.45) is 4.40. The zero-order valence-corrected chi connectivity index (χ0v) is 10.4. The maximum absolute atomic E-state index is 11.1. The fourth-order valence-corrected chi connectivity index (χ4v) is 2.23. The number of nitrogens with zero attached hydrogens (tertiary/aromatic N) is 2. The van der Waals surface area contributed by atoms with E-state index in [0.717, 1.165) is 29.7 Å². The molecule has 0 spiro atoms. The Labute approximate surface area is 102 Å². The molecule has 0 saturated carbocycles. The van der Waals surface area contributed by atoms with Crippen LogP contribution in [0.15, 0.2) is 22.8 Å². The van der Waals surface area contributed by atoms with E-state index in [1.807, 2.05) is 17.0 Å². The van der Waals surface area contributed by atoms with Gasteiger partial charge in [0.2, 0.25) is 0 Å². The van der Waals surface area contributed by atoms with Crippen LogP contribution in [-0.2, 0) is 4.79 Å². The van der Waals surface area contributed by atoms with Crippen LogP contribution in [0.1, 0.15) is 19.3 Å². The SMILES string of the molecule is O=C(O)[C@H]1CCCCN1c1ccc(Br)cn1. The third-order valence-corrected chi connectivity index (χ3v) is 3.26. The summed E-state index contributed by atoms with van der Waals surface area (Å²) in [7, 11) is 0. The summed E-state index contributed by atoms with van der Waals surface area (Å²) in [6, 6.07) is 3.31. The topological polar surface area (TPSA) is 53.4 Å². The predicted octanol–water partition coefficient (Wildman–Crippen LogP) is 2.29. The molecular formula is C11H13BrN2O2. The number of carboxylic acid groups (broad SMARTS) is 1. The second kappa shape index (κ2) is 4.82. The van der Waals surface area contributed by atoms with Gasteiger partial charge in [-0.1, -0.05) is 0 Å². The zero-order chi connectivity index (χ0) is 11.5. The second-order valence-corrected chi connectivity index (χ2v) is 4.79. The molecule has 5 heteroatoms. The molecule has 1 atom stereocenters. The molecule has 16 heavy (non-hydrogen) atoms. The third-order valence-electron chi connectivity index (χ3n) is 2.79. The number of piperidine rings is 1. The van der Waals surface area contributed by atoms with E-state index in [1.54, 1.807) is 6.20 Å². The molecule has 1 aliphatic heterocycles. The Kier molecular flexibility index (Phi) is 3.43. The molecule has 4 nitrogen and oxygen atoms in total. The van der Waals surface area contributed by atoms with Crippen LogP contribution in [0.3, 0.4) is 0 Å². The standard InChI is InChI=1S/C11H13BrN2O2/c12-8-4-5-10(13-7-8)14-6-2-1-3-9(14)11(15)16/h4-5,7,9H,1-3,6H2,(H,15,16)/t9-/m1/s1. The van der Waals surface area contributed by atoms with E-state index in [2.05, 4.69) is 20.9 Å². The quantitative estimate of drug-likeness (QED) is 0.905. The zero-order valence-electron chi connectivity index (χ0n) is 8.77. The highest BCUT2D eigenvalue weighted by molar-refractivity contribution is 9.10. The van der Waals surface area contributed by atoms with E-state index in [4.69, 9.17) is 5.11 Å². The van der Waals surface area contributed by atoms with Crippen LogP contribution in [0.5, 0.6) is 0 Å². The largest absolute Gasteiger partial charge is 0.480 e. The molecule has 1 aliphatic rings. The van der Waals surface area contributed by atoms with Gasteiger partial charge in [-0.05, 0) is 47.3 Å². The summed E-state index contributed by atoms with van der Waals surface area (Å²) in [5.74, 6) is -0.0141. The minimum atomic E-state index is -0.760. The summed E-state index contributed by atoms with van der Waals surface area (Å²) in [4.78, 5) is 17.2. The number of halogens is 1. The van der Waals surface area contributed by atoms with Crippen molar-refractivity contribution < 1.29 is 9.90 Å². The molecule has 1 aromatic heterocycles. The fourth-order valence-electron chi connectivity index (χ4n) is 2.00. The molecule has 86 valence electrons. The fraction of sp³-hybridized carbons (Fsp3) is 0.455. The summed E-state index contributed by atoms with van der Waals surface area (Å²) in [5, 5.41) is 9.15. The van der Waals surface area contributed by atoms with Crippen LogP contribution in [0.2, 0.25) is 0 Å². The van der Waals surface area contributed by atoms with Crippen molar-refractivity contribution in [3.8, 4) is 0 Å². The number of carboxylic acids is 1. The molecule has 0 radical (unpaired) electrons. The van der Waals surface area contributed by atoms with Gasteiger partial charge in [0.1, 0.15) is 11.9 Å². The lowest BCUT2D eigenvalue weighted by atomic mass is 10.0. The number of aliphatic carboxylic acids is 1. The Morgan fingerprint density at radius 3 is 2.94 bits per heavy atom. The van der Waals surface area contributed by atoms with Crippen molar-refractivity contribution in [1.29, 1.82) is 0 Å². The second-order valence-electron chi connectivity index (χ2n) is 3.88. The minimum absolute atomic E-state index is 0.428. The molecule has 1 fully saturated rings. The van der Waals surface area contributed by atoms with Crippen LogP contribution in [0.4, 0.5) is 5.82 Å². The molecule has 0 bridgehead atoms. The van der Waals surface area contributed by atoms with Gasteiger partial charge in [-0.2, -0.15) is 0 Å².